The van der Waals surface area contributed by atoms with Gasteiger partial charge >= 0.3 is 5.69 Å². The number of nitrogens with zero attached hydrogens (tertiary/aromatic N) is 2. The minimum absolute atomic E-state index is 0.0781. The van der Waals surface area contributed by atoms with Crippen LogP contribution in [0, 0.1) is 10.1 Å². The van der Waals surface area contributed by atoms with Crippen molar-refractivity contribution in [3.63, 3.8) is 0 Å². The maximum atomic E-state index is 11.9. The first-order valence-corrected chi connectivity index (χ1v) is 6.76. The van der Waals surface area contributed by atoms with E-state index in [1.54, 1.807) is 0 Å². The molecule has 0 aliphatic carbocycles. The van der Waals surface area contributed by atoms with Crippen molar-refractivity contribution in [2.24, 2.45) is 0 Å². The van der Waals surface area contributed by atoms with E-state index >= 15 is 0 Å². The van der Waals surface area contributed by atoms with Gasteiger partial charge in [0.15, 0.2) is 0 Å². The molecule has 0 fully saturated rings. The van der Waals surface area contributed by atoms with Gasteiger partial charge in [-0.05, 0) is 24.1 Å². The Balaban J connectivity index is 2.57. The molecule has 0 aliphatic heterocycles. The van der Waals surface area contributed by atoms with Crippen molar-refractivity contribution < 1.29 is 10.0 Å². The third-order valence-corrected chi connectivity index (χ3v) is 3.27. The second-order valence-electron chi connectivity index (χ2n) is 4.77. The van der Waals surface area contributed by atoms with Crippen LogP contribution in [0.5, 0.6) is 5.88 Å². The van der Waals surface area contributed by atoms with Crippen LogP contribution < -0.4 is 11.2 Å². The molecular weight excluding hydrogens is 290 g/mol. The summed E-state index contributed by atoms with van der Waals surface area (Å²) >= 11 is 0. The number of hydrogen-bond donors (Lipinski definition) is 2. The molecule has 0 atom stereocenters. The molecule has 1 heterocycles. The summed E-state index contributed by atoms with van der Waals surface area (Å²) in [6.45, 7) is 2.21. The lowest BCUT2D eigenvalue weighted by Crippen LogP contribution is -2.31. The molecule has 22 heavy (non-hydrogen) atoms. The van der Waals surface area contributed by atoms with E-state index in [1.165, 1.54) is 24.3 Å². The van der Waals surface area contributed by atoms with Crippen LogP contribution in [0.3, 0.4) is 0 Å². The summed E-state index contributed by atoms with van der Waals surface area (Å²) in [5.74, 6) is -0.434. The van der Waals surface area contributed by atoms with E-state index in [1.807, 2.05) is 6.92 Å². The monoisotopic (exact) mass is 305 g/mol. The Bertz CT molecular complexity index is 805. The zero-order valence-corrected chi connectivity index (χ0v) is 11.9. The Morgan fingerprint density at radius 3 is 2.45 bits per heavy atom. The highest BCUT2D eigenvalue weighted by molar-refractivity contribution is 5.68. The van der Waals surface area contributed by atoms with Gasteiger partial charge in [0, 0.05) is 18.7 Å². The van der Waals surface area contributed by atoms with Crippen LogP contribution in [0.25, 0.3) is 11.1 Å². The third kappa shape index (κ3) is 2.90. The molecule has 0 radical (unpaired) electrons. The number of aromatic nitrogens is 2. The molecule has 0 saturated heterocycles. The van der Waals surface area contributed by atoms with Crippen molar-refractivity contribution in [2.45, 2.75) is 26.3 Å². The highest BCUT2D eigenvalue weighted by Gasteiger charge is 2.16. The summed E-state index contributed by atoms with van der Waals surface area (Å²) in [6, 6.07) is 5.18. The van der Waals surface area contributed by atoms with E-state index in [-0.39, 0.29) is 17.8 Å². The van der Waals surface area contributed by atoms with Crippen molar-refractivity contribution in [2.75, 3.05) is 0 Å². The molecule has 2 N–H and O–H groups in total. The van der Waals surface area contributed by atoms with Gasteiger partial charge in [0.25, 0.3) is 11.2 Å². The van der Waals surface area contributed by atoms with E-state index in [2.05, 4.69) is 4.98 Å². The Morgan fingerprint density at radius 2 is 1.91 bits per heavy atom. The van der Waals surface area contributed by atoms with Crippen molar-refractivity contribution in [1.82, 2.24) is 9.55 Å². The molecule has 0 bridgehead atoms. The molecule has 0 unspecified atom stereocenters. The number of rotatable bonds is 5. The second kappa shape index (κ2) is 6.25. The highest BCUT2D eigenvalue weighted by atomic mass is 16.6. The SMILES string of the molecule is CCCCn1c(O)c(-c2ccc([N+](=O)[O-])cc2)c(=O)[nH]c1=O. The largest absolute Gasteiger partial charge is 0.494 e. The zero-order chi connectivity index (χ0) is 16.3. The lowest BCUT2D eigenvalue weighted by Gasteiger charge is -2.10. The van der Waals surface area contributed by atoms with Crippen LogP contribution in [0.1, 0.15) is 19.8 Å². The zero-order valence-electron chi connectivity index (χ0n) is 11.9. The van der Waals surface area contributed by atoms with Crippen molar-refractivity contribution in [3.05, 3.63) is 55.2 Å². The summed E-state index contributed by atoms with van der Waals surface area (Å²) in [5.41, 5.74) is -1.31. The van der Waals surface area contributed by atoms with Gasteiger partial charge < -0.3 is 5.11 Å². The average molecular weight is 305 g/mol. The molecular formula is C14H15N3O5. The maximum Gasteiger partial charge on any atom is 0.331 e. The first kappa shape index (κ1) is 15.5. The first-order chi connectivity index (χ1) is 10.5. The number of hydrogen-bond acceptors (Lipinski definition) is 5. The van der Waals surface area contributed by atoms with Crippen molar-refractivity contribution in [3.8, 4) is 17.0 Å². The van der Waals surface area contributed by atoms with Crippen molar-refractivity contribution >= 4 is 5.69 Å². The number of aromatic amines is 1. The van der Waals surface area contributed by atoms with Gasteiger partial charge in [0.05, 0.1) is 4.92 Å². The standard InChI is InChI=1S/C14H15N3O5/c1-2-3-8-16-13(19)11(12(18)15-14(16)20)9-4-6-10(7-5-9)17(21)22/h4-7,19H,2-3,8H2,1H3,(H,15,18,20). The molecule has 0 aliphatic rings. The molecule has 0 saturated carbocycles. The molecule has 2 rings (SSSR count). The van der Waals surface area contributed by atoms with Gasteiger partial charge in [-0.25, -0.2) is 4.79 Å². The molecule has 8 nitrogen and oxygen atoms in total. The van der Waals surface area contributed by atoms with E-state index in [0.717, 1.165) is 11.0 Å². The third-order valence-electron chi connectivity index (χ3n) is 3.27. The summed E-state index contributed by atoms with van der Waals surface area (Å²) < 4.78 is 1.08. The lowest BCUT2D eigenvalue weighted by atomic mass is 10.1. The molecule has 0 amide bonds. The second-order valence-corrected chi connectivity index (χ2v) is 4.77. The Kier molecular flexibility index (Phi) is 4.40. The van der Waals surface area contributed by atoms with Crippen LogP contribution in [-0.4, -0.2) is 19.6 Å². The minimum atomic E-state index is -0.732. The highest BCUT2D eigenvalue weighted by Crippen LogP contribution is 2.26. The fraction of sp³-hybridized carbons (Fsp3) is 0.286. The van der Waals surface area contributed by atoms with Gasteiger partial charge in [-0.1, -0.05) is 13.3 Å². The van der Waals surface area contributed by atoms with Crippen LogP contribution in [0.4, 0.5) is 5.69 Å². The van der Waals surface area contributed by atoms with Crippen LogP contribution in [-0.2, 0) is 6.54 Å². The number of nitro groups is 1. The van der Waals surface area contributed by atoms with Gasteiger partial charge in [0.2, 0.25) is 5.88 Å². The Morgan fingerprint density at radius 1 is 1.27 bits per heavy atom. The number of aromatic hydroxyl groups is 1. The van der Waals surface area contributed by atoms with E-state index in [0.29, 0.717) is 12.0 Å². The maximum absolute atomic E-state index is 11.9. The number of unbranched alkanes of at least 4 members (excludes halogenated alkanes) is 1. The molecule has 116 valence electrons. The molecule has 2 aromatic rings. The lowest BCUT2D eigenvalue weighted by molar-refractivity contribution is -0.384. The van der Waals surface area contributed by atoms with Gasteiger partial charge in [-0.15, -0.1) is 0 Å². The molecule has 8 heteroatoms. The molecule has 0 spiro atoms. The van der Waals surface area contributed by atoms with Crippen LogP contribution >= 0.6 is 0 Å². The predicted molar refractivity (Wildman–Crippen MR) is 80.0 cm³/mol. The number of nitrogens with one attached hydrogen (secondary N) is 1. The van der Waals surface area contributed by atoms with E-state index < -0.39 is 22.1 Å². The Hall–Kier alpha value is -2.90. The topological polar surface area (TPSA) is 118 Å². The van der Waals surface area contributed by atoms with Crippen LogP contribution in [0.2, 0.25) is 0 Å². The average Bonchev–Trinajstić information content (AvgIpc) is 2.47. The smallest absolute Gasteiger partial charge is 0.331 e. The number of benzene rings is 1. The van der Waals surface area contributed by atoms with Gasteiger partial charge in [0.1, 0.15) is 5.56 Å². The Labute approximate surface area is 124 Å². The molecule has 1 aromatic heterocycles. The van der Waals surface area contributed by atoms with E-state index in [9.17, 15) is 24.8 Å². The molecule has 1 aromatic carbocycles. The number of nitro benzene ring substituents is 1. The van der Waals surface area contributed by atoms with Gasteiger partial charge in [-0.3, -0.25) is 24.5 Å². The number of non-ortho nitro benzene ring substituents is 1. The van der Waals surface area contributed by atoms with Crippen molar-refractivity contribution in [1.29, 1.82) is 0 Å². The fourth-order valence-electron chi connectivity index (χ4n) is 2.09. The fourth-order valence-corrected chi connectivity index (χ4v) is 2.09. The van der Waals surface area contributed by atoms with Crippen LogP contribution in [0.15, 0.2) is 33.9 Å². The predicted octanol–water partition coefficient (Wildman–Crippen LogP) is 1.62. The quantitative estimate of drug-likeness (QED) is 0.642. The normalized spacial score (nSPS) is 10.6. The number of H-pyrrole nitrogens is 1. The summed E-state index contributed by atoms with van der Waals surface area (Å²) in [5, 5.41) is 20.9. The summed E-state index contributed by atoms with van der Waals surface area (Å²) in [7, 11) is 0. The summed E-state index contributed by atoms with van der Waals surface area (Å²) in [4.78, 5) is 35.9. The van der Waals surface area contributed by atoms with E-state index in [4.69, 9.17) is 0 Å². The first-order valence-electron chi connectivity index (χ1n) is 6.76. The minimum Gasteiger partial charge on any atom is -0.494 e. The summed E-state index contributed by atoms with van der Waals surface area (Å²) in [6.07, 6.45) is 1.48. The van der Waals surface area contributed by atoms with Gasteiger partial charge in [-0.2, -0.15) is 0 Å².